The lowest BCUT2D eigenvalue weighted by molar-refractivity contribution is 0.1000. The van der Waals surface area contributed by atoms with Gasteiger partial charge in [0.25, 0.3) is 0 Å². The van der Waals surface area contributed by atoms with Gasteiger partial charge < -0.3 is 15.2 Å². The lowest BCUT2D eigenvalue weighted by atomic mass is 10.1. The number of ether oxygens (including phenoxy) is 2. The number of hydrogen-bond donors (Lipinski definition) is 1. The van der Waals surface area contributed by atoms with Gasteiger partial charge in [-0.05, 0) is 47.3 Å². The van der Waals surface area contributed by atoms with Gasteiger partial charge in [0.1, 0.15) is 12.4 Å². The fraction of sp³-hybridized carbons (Fsp3) is 0.571. The second kappa shape index (κ2) is 8.51. The quantitative estimate of drug-likeness (QED) is 0.749. The number of nitrogens with two attached hydrogens (primary N) is 1. The van der Waals surface area contributed by atoms with Crippen LogP contribution in [0.5, 0.6) is 5.75 Å². The second-order valence-electron chi connectivity index (χ2n) is 4.37. The summed E-state index contributed by atoms with van der Waals surface area (Å²) in [6.07, 6.45) is 1.84. The SMILES string of the molecule is CCCOCCOc1c(Br)cccc1CC(C)N. The Kier molecular flexibility index (Phi) is 7.32. The molecule has 0 saturated heterocycles. The molecular weight excluding hydrogens is 294 g/mol. The third-order valence-electron chi connectivity index (χ3n) is 2.41. The number of hydrogen-bond acceptors (Lipinski definition) is 3. The molecule has 0 aliphatic carbocycles. The average molecular weight is 316 g/mol. The molecule has 0 aromatic heterocycles. The van der Waals surface area contributed by atoms with E-state index in [0.717, 1.165) is 35.2 Å². The van der Waals surface area contributed by atoms with Crippen molar-refractivity contribution in [3.63, 3.8) is 0 Å². The summed E-state index contributed by atoms with van der Waals surface area (Å²) in [4.78, 5) is 0. The molecule has 0 fully saturated rings. The first-order valence-corrected chi connectivity index (χ1v) is 7.18. The molecule has 0 aliphatic heterocycles. The molecule has 1 unspecified atom stereocenters. The molecule has 2 N–H and O–H groups in total. The Morgan fingerprint density at radius 3 is 2.72 bits per heavy atom. The highest BCUT2D eigenvalue weighted by atomic mass is 79.9. The summed E-state index contributed by atoms with van der Waals surface area (Å²) in [6.45, 7) is 6.05. The Morgan fingerprint density at radius 1 is 1.28 bits per heavy atom. The zero-order valence-electron chi connectivity index (χ0n) is 11.1. The highest BCUT2D eigenvalue weighted by molar-refractivity contribution is 9.10. The molecule has 0 spiro atoms. The highest BCUT2D eigenvalue weighted by Gasteiger charge is 2.09. The maximum atomic E-state index is 5.84. The molecule has 0 saturated carbocycles. The molecule has 0 radical (unpaired) electrons. The summed E-state index contributed by atoms with van der Waals surface area (Å²) < 4.78 is 12.2. The van der Waals surface area contributed by atoms with Gasteiger partial charge in [0.05, 0.1) is 11.1 Å². The van der Waals surface area contributed by atoms with Crippen LogP contribution in [0.2, 0.25) is 0 Å². The maximum Gasteiger partial charge on any atom is 0.136 e. The van der Waals surface area contributed by atoms with Gasteiger partial charge in [0.2, 0.25) is 0 Å². The predicted molar refractivity (Wildman–Crippen MR) is 78.1 cm³/mol. The fourth-order valence-corrected chi connectivity index (χ4v) is 2.19. The molecule has 1 atom stereocenters. The van der Waals surface area contributed by atoms with Crippen LogP contribution < -0.4 is 10.5 Å². The summed E-state index contributed by atoms with van der Waals surface area (Å²) in [5.74, 6) is 0.884. The number of rotatable bonds is 8. The zero-order chi connectivity index (χ0) is 13.4. The van der Waals surface area contributed by atoms with Crippen molar-refractivity contribution in [1.82, 2.24) is 0 Å². The van der Waals surface area contributed by atoms with Gasteiger partial charge >= 0.3 is 0 Å². The summed E-state index contributed by atoms with van der Waals surface area (Å²) in [6, 6.07) is 6.16. The van der Waals surface area contributed by atoms with Crippen molar-refractivity contribution in [2.24, 2.45) is 5.73 Å². The van der Waals surface area contributed by atoms with Gasteiger partial charge in [-0.2, -0.15) is 0 Å². The summed E-state index contributed by atoms with van der Waals surface area (Å²) in [5, 5.41) is 0. The van der Waals surface area contributed by atoms with Gasteiger partial charge in [-0.1, -0.05) is 19.1 Å². The Morgan fingerprint density at radius 2 is 2.06 bits per heavy atom. The minimum atomic E-state index is 0.123. The van der Waals surface area contributed by atoms with E-state index in [4.69, 9.17) is 15.2 Å². The zero-order valence-corrected chi connectivity index (χ0v) is 12.7. The Labute approximate surface area is 118 Å². The number of benzene rings is 1. The molecule has 3 nitrogen and oxygen atoms in total. The molecule has 1 rings (SSSR count). The van der Waals surface area contributed by atoms with Crippen LogP contribution in [0.4, 0.5) is 0 Å². The monoisotopic (exact) mass is 315 g/mol. The molecule has 18 heavy (non-hydrogen) atoms. The molecule has 102 valence electrons. The van der Waals surface area contributed by atoms with Crippen molar-refractivity contribution in [3.05, 3.63) is 28.2 Å². The first-order chi connectivity index (χ1) is 8.65. The van der Waals surface area contributed by atoms with Gasteiger partial charge in [-0.25, -0.2) is 0 Å². The van der Waals surface area contributed by atoms with Gasteiger partial charge in [-0.3, -0.25) is 0 Å². The number of halogens is 1. The third-order valence-corrected chi connectivity index (χ3v) is 3.04. The molecule has 1 aromatic carbocycles. The van der Waals surface area contributed by atoms with Crippen LogP contribution in [0.3, 0.4) is 0 Å². The minimum absolute atomic E-state index is 0.123. The van der Waals surface area contributed by atoms with E-state index in [1.54, 1.807) is 0 Å². The first-order valence-electron chi connectivity index (χ1n) is 6.38. The highest BCUT2D eigenvalue weighted by Crippen LogP contribution is 2.29. The van der Waals surface area contributed by atoms with Gasteiger partial charge in [0.15, 0.2) is 0 Å². The van der Waals surface area contributed by atoms with Crippen molar-refractivity contribution in [2.75, 3.05) is 19.8 Å². The first kappa shape index (κ1) is 15.5. The Hall–Kier alpha value is -0.580. The van der Waals surface area contributed by atoms with E-state index in [0.29, 0.717) is 13.2 Å². The fourth-order valence-electron chi connectivity index (χ4n) is 1.67. The van der Waals surface area contributed by atoms with Crippen LogP contribution in [-0.2, 0) is 11.2 Å². The molecule has 1 aromatic rings. The smallest absolute Gasteiger partial charge is 0.136 e. The van der Waals surface area contributed by atoms with Gasteiger partial charge in [0, 0.05) is 12.6 Å². The van der Waals surface area contributed by atoms with Crippen molar-refractivity contribution in [2.45, 2.75) is 32.7 Å². The normalized spacial score (nSPS) is 12.4. The molecular formula is C14H22BrNO2. The Balaban J connectivity index is 2.56. The van der Waals surface area contributed by atoms with E-state index in [1.165, 1.54) is 0 Å². The van der Waals surface area contributed by atoms with Crippen molar-refractivity contribution in [1.29, 1.82) is 0 Å². The molecule has 0 amide bonds. The van der Waals surface area contributed by atoms with Crippen LogP contribution in [0.25, 0.3) is 0 Å². The van der Waals surface area contributed by atoms with Crippen molar-refractivity contribution >= 4 is 15.9 Å². The number of para-hydroxylation sites is 1. The van der Waals surface area contributed by atoms with E-state index in [-0.39, 0.29) is 6.04 Å². The maximum absolute atomic E-state index is 5.84. The van der Waals surface area contributed by atoms with Crippen LogP contribution in [0, 0.1) is 0 Å². The molecule has 0 aliphatic rings. The van der Waals surface area contributed by atoms with E-state index in [2.05, 4.69) is 28.9 Å². The molecule has 4 heteroatoms. The largest absolute Gasteiger partial charge is 0.490 e. The third kappa shape index (κ3) is 5.38. The summed E-state index contributed by atoms with van der Waals surface area (Å²) in [7, 11) is 0. The van der Waals surface area contributed by atoms with Crippen LogP contribution in [-0.4, -0.2) is 25.9 Å². The summed E-state index contributed by atoms with van der Waals surface area (Å²) in [5.41, 5.74) is 6.98. The molecule has 0 heterocycles. The van der Waals surface area contributed by atoms with E-state index >= 15 is 0 Å². The average Bonchev–Trinajstić information content (AvgIpc) is 2.31. The van der Waals surface area contributed by atoms with Crippen LogP contribution >= 0.6 is 15.9 Å². The van der Waals surface area contributed by atoms with Crippen LogP contribution in [0.15, 0.2) is 22.7 Å². The van der Waals surface area contributed by atoms with E-state index in [9.17, 15) is 0 Å². The topological polar surface area (TPSA) is 44.5 Å². The van der Waals surface area contributed by atoms with E-state index in [1.807, 2.05) is 19.1 Å². The van der Waals surface area contributed by atoms with Gasteiger partial charge in [-0.15, -0.1) is 0 Å². The van der Waals surface area contributed by atoms with Crippen molar-refractivity contribution < 1.29 is 9.47 Å². The summed E-state index contributed by atoms with van der Waals surface area (Å²) >= 11 is 3.51. The Bertz CT molecular complexity index is 356. The predicted octanol–water partition coefficient (Wildman–Crippen LogP) is 3.14. The molecule has 0 bridgehead atoms. The van der Waals surface area contributed by atoms with Crippen molar-refractivity contribution in [3.8, 4) is 5.75 Å². The lowest BCUT2D eigenvalue weighted by Crippen LogP contribution is -2.18. The lowest BCUT2D eigenvalue weighted by Gasteiger charge is -2.14. The standard InChI is InChI=1S/C14H22BrNO2/c1-3-7-17-8-9-18-14-12(10-11(2)16)5-4-6-13(14)15/h4-6,11H,3,7-10,16H2,1-2H3. The van der Waals surface area contributed by atoms with Crippen LogP contribution in [0.1, 0.15) is 25.8 Å². The minimum Gasteiger partial charge on any atom is -0.490 e. The second-order valence-corrected chi connectivity index (χ2v) is 5.22. The van der Waals surface area contributed by atoms with E-state index < -0.39 is 0 Å².